The lowest BCUT2D eigenvalue weighted by Gasteiger charge is -2.17. The topological polar surface area (TPSA) is 77.6 Å². The molecule has 0 amide bonds. The Balaban J connectivity index is 1.18. The second-order valence-electron chi connectivity index (χ2n) is 14.4. The Bertz CT molecular complexity index is 3200. The summed E-state index contributed by atoms with van der Waals surface area (Å²) in [4.78, 5) is 25.8. The van der Waals surface area contributed by atoms with E-state index >= 15 is 0 Å². The fourth-order valence-corrected chi connectivity index (χ4v) is 8.01. The molecule has 3 heterocycles. The summed E-state index contributed by atoms with van der Waals surface area (Å²) in [6.07, 6.45) is 0. The van der Waals surface area contributed by atoms with E-state index in [4.69, 9.17) is 29.3 Å². The normalized spacial score (nSPS) is 11.4. The van der Waals surface area contributed by atoms with Gasteiger partial charge in [0.15, 0.2) is 23.3 Å². The highest BCUT2D eigenvalue weighted by molar-refractivity contribution is 6.17. The van der Waals surface area contributed by atoms with Gasteiger partial charge in [0.25, 0.3) is 0 Å². The van der Waals surface area contributed by atoms with Crippen molar-refractivity contribution in [3.05, 3.63) is 200 Å². The molecule has 0 aliphatic heterocycles. The van der Waals surface area contributed by atoms with Gasteiger partial charge in [0.2, 0.25) is 0 Å². The Hall–Kier alpha value is -8.09. The molecule has 0 aliphatic rings. The van der Waals surface area contributed by atoms with Gasteiger partial charge in [-0.1, -0.05) is 176 Å². The lowest BCUT2D eigenvalue weighted by atomic mass is 9.89. The van der Waals surface area contributed by atoms with Crippen LogP contribution in [0.3, 0.4) is 0 Å². The van der Waals surface area contributed by atoms with E-state index in [-0.39, 0.29) is 0 Å². The van der Waals surface area contributed by atoms with E-state index in [1.165, 1.54) is 0 Å². The van der Waals surface area contributed by atoms with Crippen LogP contribution >= 0.6 is 0 Å². The maximum Gasteiger partial charge on any atom is 0.165 e. The summed E-state index contributed by atoms with van der Waals surface area (Å²) in [5, 5.41) is 4.08. The number of hydrogen-bond donors (Lipinski definition) is 0. The molecule has 0 spiro atoms. The number of fused-ring (bicyclic) bond motifs is 4. The van der Waals surface area contributed by atoms with E-state index < -0.39 is 0 Å². The Morgan fingerprint density at radius 2 is 0.729 bits per heavy atom. The fourth-order valence-electron chi connectivity index (χ4n) is 8.01. The first-order chi connectivity index (χ1) is 29.2. The van der Waals surface area contributed by atoms with Crippen molar-refractivity contribution in [2.75, 3.05) is 0 Å². The third-order valence-electron chi connectivity index (χ3n) is 10.8. The molecule has 0 fully saturated rings. The average Bonchev–Trinajstić information content (AvgIpc) is 3.70. The zero-order chi connectivity index (χ0) is 39.1. The first-order valence-electron chi connectivity index (χ1n) is 19.6. The summed E-state index contributed by atoms with van der Waals surface area (Å²) >= 11 is 0. The molecule has 6 nitrogen and oxygen atoms in total. The van der Waals surface area contributed by atoms with Crippen molar-refractivity contribution in [1.29, 1.82) is 0 Å². The second-order valence-corrected chi connectivity index (χ2v) is 14.4. The zero-order valence-corrected chi connectivity index (χ0v) is 31.7. The highest BCUT2D eigenvalue weighted by atomic mass is 16.3. The van der Waals surface area contributed by atoms with Crippen LogP contribution in [-0.2, 0) is 0 Å². The Morgan fingerprint density at radius 1 is 0.288 bits per heavy atom. The molecule has 276 valence electrons. The minimum absolute atomic E-state index is 0.564. The van der Waals surface area contributed by atoms with Gasteiger partial charge in [-0.15, -0.1) is 0 Å². The van der Waals surface area contributed by atoms with Crippen LogP contribution in [0.2, 0.25) is 0 Å². The highest BCUT2D eigenvalue weighted by Crippen LogP contribution is 2.45. The molecule has 11 rings (SSSR count). The number of hydrogen-bond acceptors (Lipinski definition) is 6. The summed E-state index contributed by atoms with van der Waals surface area (Å²) in [6, 6.07) is 68.0. The van der Waals surface area contributed by atoms with Crippen LogP contribution in [0.25, 0.3) is 112 Å². The molecule has 0 bridgehead atoms. The van der Waals surface area contributed by atoms with Crippen molar-refractivity contribution in [2.45, 2.75) is 0 Å². The highest BCUT2D eigenvalue weighted by Gasteiger charge is 2.24. The number of benzene rings is 8. The molecule has 6 heteroatoms. The minimum atomic E-state index is 0.564. The van der Waals surface area contributed by atoms with Crippen molar-refractivity contribution in [1.82, 2.24) is 24.9 Å². The monoisotopic (exact) mass is 755 g/mol. The molecular formula is C53H33N5O. The van der Waals surface area contributed by atoms with Gasteiger partial charge in [-0.2, -0.15) is 0 Å². The maximum absolute atomic E-state index is 6.51. The Kier molecular flexibility index (Phi) is 8.37. The van der Waals surface area contributed by atoms with Crippen LogP contribution in [0.5, 0.6) is 0 Å². The van der Waals surface area contributed by atoms with Crippen molar-refractivity contribution in [3.63, 3.8) is 0 Å². The average molecular weight is 756 g/mol. The number of furan rings is 1. The molecule has 0 N–H and O–H groups in total. The van der Waals surface area contributed by atoms with Crippen LogP contribution in [0.15, 0.2) is 205 Å². The largest absolute Gasteiger partial charge is 0.456 e. The van der Waals surface area contributed by atoms with E-state index in [2.05, 4.69) is 84.9 Å². The first-order valence-corrected chi connectivity index (χ1v) is 19.6. The molecule has 0 saturated heterocycles. The summed E-state index contributed by atoms with van der Waals surface area (Å²) in [5.74, 6) is 2.43. The molecule has 0 radical (unpaired) electrons. The SMILES string of the molecule is c1ccc(-c2cc(-c3ccc(-c4ccc5oc6ccccc6c5c4-c4nc(-c5ccccc5)nc(-c5ccccc5)n4)c4ccccc34)nc(-c3ccccc3)n2)cc1. The maximum atomic E-state index is 6.51. The van der Waals surface area contributed by atoms with Gasteiger partial charge in [0, 0.05) is 44.2 Å². The minimum Gasteiger partial charge on any atom is -0.456 e. The smallest absolute Gasteiger partial charge is 0.165 e. The third-order valence-corrected chi connectivity index (χ3v) is 10.8. The number of aromatic nitrogens is 5. The van der Waals surface area contributed by atoms with Crippen molar-refractivity contribution < 1.29 is 4.42 Å². The lowest BCUT2D eigenvalue weighted by molar-refractivity contribution is 0.669. The third kappa shape index (κ3) is 6.20. The van der Waals surface area contributed by atoms with Crippen LogP contribution in [0.1, 0.15) is 0 Å². The quantitative estimate of drug-likeness (QED) is 0.161. The Labute approximate surface area is 340 Å². The molecule has 0 unspecified atom stereocenters. The van der Waals surface area contributed by atoms with Gasteiger partial charge < -0.3 is 4.42 Å². The van der Waals surface area contributed by atoms with E-state index in [0.717, 1.165) is 88.6 Å². The van der Waals surface area contributed by atoms with Crippen molar-refractivity contribution in [2.24, 2.45) is 0 Å². The number of nitrogens with zero attached hydrogens (tertiary/aromatic N) is 5. The predicted molar refractivity (Wildman–Crippen MR) is 238 cm³/mol. The Morgan fingerprint density at radius 3 is 1.34 bits per heavy atom. The molecule has 0 saturated carbocycles. The molecule has 59 heavy (non-hydrogen) atoms. The second kappa shape index (κ2) is 14.4. The van der Waals surface area contributed by atoms with Gasteiger partial charge >= 0.3 is 0 Å². The van der Waals surface area contributed by atoms with Gasteiger partial charge in [0.05, 0.1) is 11.4 Å². The lowest BCUT2D eigenvalue weighted by Crippen LogP contribution is -2.01. The number of para-hydroxylation sites is 1. The van der Waals surface area contributed by atoms with Gasteiger partial charge in [-0.25, -0.2) is 24.9 Å². The summed E-state index contributed by atoms with van der Waals surface area (Å²) in [5.41, 5.74) is 11.0. The summed E-state index contributed by atoms with van der Waals surface area (Å²) < 4.78 is 6.51. The first kappa shape index (κ1) is 34.2. The van der Waals surface area contributed by atoms with Gasteiger partial charge in [0.1, 0.15) is 11.2 Å². The summed E-state index contributed by atoms with van der Waals surface area (Å²) in [6.45, 7) is 0. The molecule has 11 aromatic rings. The van der Waals surface area contributed by atoms with Crippen molar-refractivity contribution in [3.8, 4) is 79.2 Å². The van der Waals surface area contributed by atoms with Crippen molar-refractivity contribution >= 4 is 32.7 Å². The van der Waals surface area contributed by atoms with E-state index in [1.54, 1.807) is 0 Å². The van der Waals surface area contributed by atoms with E-state index in [0.29, 0.717) is 23.3 Å². The zero-order valence-electron chi connectivity index (χ0n) is 31.7. The van der Waals surface area contributed by atoms with E-state index in [9.17, 15) is 0 Å². The number of rotatable bonds is 7. The summed E-state index contributed by atoms with van der Waals surface area (Å²) in [7, 11) is 0. The molecule has 3 aromatic heterocycles. The van der Waals surface area contributed by atoms with Crippen LogP contribution in [-0.4, -0.2) is 24.9 Å². The van der Waals surface area contributed by atoms with Crippen LogP contribution in [0.4, 0.5) is 0 Å². The van der Waals surface area contributed by atoms with Gasteiger partial charge in [-0.05, 0) is 46.2 Å². The molecule has 8 aromatic carbocycles. The standard InChI is InChI=1S/C53H33N5O/c1-5-17-34(18-6-1)44-33-45(55-50(54-44)35-19-7-2-8-20-35)41-30-29-40(38-25-13-14-26-39(38)41)42-31-32-47-48(43-27-15-16-28-46(43)59-47)49(42)53-57-51(36-21-9-3-10-22-36)56-52(58-53)37-23-11-4-12-24-37/h1-33H. The van der Waals surface area contributed by atoms with Crippen LogP contribution < -0.4 is 0 Å². The van der Waals surface area contributed by atoms with Crippen LogP contribution in [0, 0.1) is 0 Å². The predicted octanol–water partition coefficient (Wildman–Crippen LogP) is 13.4. The fraction of sp³-hybridized carbons (Fsp3) is 0. The molecule has 0 aliphatic carbocycles. The van der Waals surface area contributed by atoms with E-state index in [1.807, 2.05) is 115 Å². The van der Waals surface area contributed by atoms with Gasteiger partial charge in [-0.3, -0.25) is 0 Å². The molecule has 0 atom stereocenters. The molecular weight excluding hydrogens is 723 g/mol.